The van der Waals surface area contributed by atoms with Gasteiger partial charge in [-0.25, -0.2) is 9.18 Å². The van der Waals surface area contributed by atoms with E-state index in [1.54, 1.807) is 12.1 Å². The predicted octanol–water partition coefficient (Wildman–Crippen LogP) is 1.93. The molecule has 0 aliphatic carbocycles. The second-order valence-corrected chi connectivity index (χ2v) is 3.40. The molecule has 0 saturated heterocycles. The molecular weight excluding hydrogens is 255 g/mol. The standard InChI is InChI=1S/C8H4BrFN2O2/c9-5-3-1-2-4(6(5)10)7-11-8(13)14-12-7/h1-3H,(H,11,12,13). The average Bonchev–Trinajstić information content (AvgIpc) is 2.57. The van der Waals surface area contributed by atoms with E-state index in [4.69, 9.17) is 0 Å². The first-order chi connectivity index (χ1) is 6.68. The molecule has 0 saturated carbocycles. The molecule has 4 nitrogen and oxygen atoms in total. The number of rotatable bonds is 1. The first kappa shape index (κ1) is 9.14. The van der Waals surface area contributed by atoms with Crippen LogP contribution in [0.1, 0.15) is 0 Å². The molecule has 2 aromatic rings. The van der Waals surface area contributed by atoms with E-state index in [-0.39, 0.29) is 11.4 Å². The van der Waals surface area contributed by atoms with E-state index in [9.17, 15) is 9.18 Å². The molecule has 0 unspecified atom stereocenters. The minimum Gasteiger partial charge on any atom is -0.296 e. The number of hydrogen-bond acceptors (Lipinski definition) is 3. The Bertz CT molecular complexity index is 520. The van der Waals surface area contributed by atoms with Crippen LogP contribution >= 0.6 is 15.9 Å². The summed E-state index contributed by atoms with van der Waals surface area (Å²) in [6.07, 6.45) is 0. The number of nitrogens with zero attached hydrogens (tertiary/aromatic N) is 1. The first-order valence-electron chi connectivity index (χ1n) is 3.69. The second-order valence-electron chi connectivity index (χ2n) is 2.55. The van der Waals surface area contributed by atoms with Crippen molar-refractivity contribution in [3.63, 3.8) is 0 Å². The van der Waals surface area contributed by atoms with Crippen molar-refractivity contribution < 1.29 is 8.91 Å². The van der Waals surface area contributed by atoms with Gasteiger partial charge in [-0.15, -0.1) is 0 Å². The minimum atomic E-state index is -0.709. The molecule has 0 atom stereocenters. The lowest BCUT2D eigenvalue weighted by molar-refractivity contribution is 0.387. The number of halogens is 2. The zero-order valence-corrected chi connectivity index (χ0v) is 8.34. The molecule has 2 rings (SSSR count). The van der Waals surface area contributed by atoms with Crippen molar-refractivity contribution in [2.45, 2.75) is 0 Å². The number of benzene rings is 1. The summed E-state index contributed by atoms with van der Waals surface area (Å²) < 4.78 is 18.0. The largest absolute Gasteiger partial charge is 0.439 e. The van der Waals surface area contributed by atoms with Crippen LogP contribution in [-0.2, 0) is 0 Å². The van der Waals surface area contributed by atoms with Gasteiger partial charge in [-0.2, -0.15) is 0 Å². The molecule has 0 spiro atoms. The summed E-state index contributed by atoms with van der Waals surface area (Å²) in [6, 6.07) is 4.68. The maximum atomic E-state index is 13.4. The Morgan fingerprint density at radius 1 is 1.50 bits per heavy atom. The van der Waals surface area contributed by atoms with Crippen LogP contribution in [0.5, 0.6) is 0 Å². The quantitative estimate of drug-likeness (QED) is 0.851. The van der Waals surface area contributed by atoms with Gasteiger partial charge >= 0.3 is 5.76 Å². The normalized spacial score (nSPS) is 10.4. The van der Waals surface area contributed by atoms with E-state index in [0.717, 1.165) is 0 Å². The maximum Gasteiger partial charge on any atom is 0.439 e. The predicted molar refractivity (Wildman–Crippen MR) is 50.2 cm³/mol. The van der Waals surface area contributed by atoms with Crippen LogP contribution in [0.15, 0.2) is 32.0 Å². The van der Waals surface area contributed by atoms with Crippen molar-refractivity contribution >= 4 is 15.9 Å². The van der Waals surface area contributed by atoms with Crippen molar-refractivity contribution in [3.05, 3.63) is 39.0 Å². The van der Waals surface area contributed by atoms with Crippen molar-refractivity contribution in [2.75, 3.05) is 0 Å². The lowest BCUT2D eigenvalue weighted by Gasteiger charge is -1.98. The third-order valence-electron chi connectivity index (χ3n) is 1.65. The van der Waals surface area contributed by atoms with Gasteiger partial charge in [-0.1, -0.05) is 11.2 Å². The summed E-state index contributed by atoms with van der Waals surface area (Å²) in [5.41, 5.74) is 0.185. The van der Waals surface area contributed by atoms with Gasteiger partial charge in [-0.05, 0) is 28.1 Å². The fourth-order valence-electron chi connectivity index (χ4n) is 1.03. The molecule has 1 aromatic heterocycles. The van der Waals surface area contributed by atoms with Gasteiger partial charge in [-0.3, -0.25) is 9.51 Å². The van der Waals surface area contributed by atoms with Gasteiger partial charge in [0.25, 0.3) is 0 Å². The molecule has 0 fully saturated rings. The molecule has 1 heterocycles. The lowest BCUT2D eigenvalue weighted by atomic mass is 10.2. The molecule has 0 aliphatic rings. The van der Waals surface area contributed by atoms with Gasteiger partial charge in [0, 0.05) is 0 Å². The highest BCUT2D eigenvalue weighted by molar-refractivity contribution is 9.10. The van der Waals surface area contributed by atoms with E-state index in [1.165, 1.54) is 6.07 Å². The molecule has 0 radical (unpaired) electrons. The highest BCUT2D eigenvalue weighted by Crippen LogP contribution is 2.24. The number of aromatic nitrogens is 2. The van der Waals surface area contributed by atoms with Crippen LogP contribution in [0.4, 0.5) is 4.39 Å². The Morgan fingerprint density at radius 3 is 2.93 bits per heavy atom. The number of nitrogens with one attached hydrogen (secondary N) is 1. The second kappa shape index (κ2) is 3.38. The highest BCUT2D eigenvalue weighted by atomic mass is 79.9. The van der Waals surface area contributed by atoms with Gasteiger partial charge in [0.15, 0.2) is 5.82 Å². The van der Waals surface area contributed by atoms with Crippen molar-refractivity contribution in [2.24, 2.45) is 0 Å². The summed E-state index contributed by atoms with van der Waals surface area (Å²) >= 11 is 3.02. The molecule has 1 aromatic carbocycles. The molecule has 72 valence electrons. The molecule has 0 bridgehead atoms. The lowest BCUT2D eigenvalue weighted by Crippen LogP contribution is -1.95. The fraction of sp³-hybridized carbons (Fsp3) is 0. The summed E-state index contributed by atoms with van der Waals surface area (Å²) in [7, 11) is 0. The van der Waals surface area contributed by atoms with Crippen molar-refractivity contribution in [1.82, 2.24) is 10.1 Å². The minimum absolute atomic E-state index is 0.0776. The third-order valence-corrected chi connectivity index (χ3v) is 2.26. The van der Waals surface area contributed by atoms with Gasteiger partial charge in [0.05, 0.1) is 10.0 Å². The zero-order valence-electron chi connectivity index (χ0n) is 6.75. The van der Waals surface area contributed by atoms with Gasteiger partial charge < -0.3 is 0 Å². The monoisotopic (exact) mass is 258 g/mol. The third kappa shape index (κ3) is 1.48. The Morgan fingerprint density at radius 2 is 2.29 bits per heavy atom. The summed E-state index contributed by atoms with van der Waals surface area (Å²) in [5.74, 6) is -1.12. The molecule has 0 amide bonds. The molecule has 1 N–H and O–H groups in total. The molecular formula is C8H4BrFN2O2. The number of aromatic amines is 1. The maximum absolute atomic E-state index is 13.4. The topological polar surface area (TPSA) is 58.9 Å². The summed E-state index contributed by atoms with van der Waals surface area (Å²) in [5, 5.41) is 3.38. The Hall–Kier alpha value is -1.43. The Balaban J connectivity index is 2.62. The Kier molecular flexibility index (Phi) is 2.20. The van der Waals surface area contributed by atoms with Crippen LogP contribution in [0, 0.1) is 5.82 Å². The van der Waals surface area contributed by atoms with Crippen molar-refractivity contribution in [1.29, 1.82) is 0 Å². The zero-order chi connectivity index (χ0) is 10.1. The van der Waals surface area contributed by atoms with Crippen molar-refractivity contribution in [3.8, 4) is 11.4 Å². The number of hydrogen-bond donors (Lipinski definition) is 1. The van der Waals surface area contributed by atoms with E-state index >= 15 is 0 Å². The van der Waals surface area contributed by atoms with E-state index in [0.29, 0.717) is 4.47 Å². The van der Waals surface area contributed by atoms with E-state index in [1.807, 2.05) is 0 Å². The van der Waals surface area contributed by atoms with Gasteiger partial charge in [0.1, 0.15) is 5.82 Å². The van der Waals surface area contributed by atoms with Gasteiger partial charge in [0.2, 0.25) is 0 Å². The van der Waals surface area contributed by atoms with Crippen LogP contribution in [0.2, 0.25) is 0 Å². The smallest absolute Gasteiger partial charge is 0.296 e. The molecule has 6 heteroatoms. The van der Waals surface area contributed by atoms with Crippen LogP contribution in [0.25, 0.3) is 11.4 Å². The van der Waals surface area contributed by atoms with Crippen LogP contribution < -0.4 is 5.76 Å². The van der Waals surface area contributed by atoms with Crippen LogP contribution in [-0.4, -0.2) is 10.1 Å². The molecule has 14 heavy (non-hydrogen) atoms. The highest BCUT2D eigenvalue weighted by Gasteiger charge is 2.11. The Labute approximate surface area is 85.9 Å². The average molecular weight is 259 g/mol. The SMILES string of the molecule is O=c1[nH]c(-c2cccc(Br)c2F)no1. The van der Waals surface area contributed by atoms with Crippen LogP contribution in [0.3, 0.4) is 0 Å². The molecule has 0 aliphatic heterocycles. The first-order valence-corrected chi connectivity index (χ1v) is 4.48. The summed E-state index contributed by atoms with van der Waals surface area (Å²) in [4.78, 5) is 12.9. The van der Waals surface area contributed by atoms with E-state index in [2.05, 4.69) is 30.6 Å². The number of H-pyrrole nitrogens is 1. The van der Waals surface area contributed by atoms with E-state index < -0.39 is 11.6 Å². The summed E-state index contributed by atoms with van der Waals surface area (Å²) in [6.45, 7) is 0. The fourth-order valence-corrected chi connectivity index (χ4v) is 1.40.